The van der Waals surface area contributed by atoms with Gasteiger partial charge in [-0.15, -0.1) is 0 Å². The highest BCUT2D eigenvalue weighted by Gasteiger charge is 2.48. The van der Waals surface area contributed by atoms with E-state index >= 15 is 0 Å². The summed E-state index contributed by atoms with van der Waals surface area (Å²) in [6, 6.07) is 17.7. The van der Waals surface area contributed by atoms with Gasteiger partial charge in [-0.05, 0) is 30.2 Å². The maximum absolute atomic E-state index is 12.8. The Balaban J connectivity index is 1.89. The van der Waals surface area contributed by atoms with E-state index < -0.39 is 11.6 Å². The summed E-state index contributed by atoms with van der Waals surface area (Å²) >= 11 is 0. The van der Waals surface area contributed by atoms with E-state index in [9.17, 15) is 9.59 Å². The second-order valence-electron chi connectivity index (χ2n) is 5.62. The van der Waals surface area contributed by atoms with E-state index in [2.05, 4.69) is 11.4 Å². The number of carbonyl (C=O) groups excluding carboxylic acids is 2. The molecule has 5 heteroatoms. The average molecular weight is 305 g/mol. The lowest BCUT2D eigenvalue weighted by Crippen LogP contribution is -2.40. The summed E-state index contributed by atoms with van der Waals surface area (Å²) in [6.07, 6.45) is 0. The third kappa shape index (κ3) is 2.55. The van der Waals surface area contributed by atoms with E-state index in [1.165, 1.54) is 4.90 Å². The third-order valence-corrected chi connectivity index (χ3v) is 4.02. The molecular formula is C18H15N3O2. The zero-order chi connectivity index (χ0) is 16.4. The van der Waals surface area contributed by atoms with Crippen molar-refractivity contribution >= 4 is 11.9 Å². The van der Waals surface area contributed by atoms with Gasteiger partial charge in [-0.1, -0.05) is 42.5 Å². The Hall–Kier alpha value is -3.13. The van der Waals surface area contributed by atoms with Crippen molar-refractivity contribution in [2.24, 2.45) is 0 Å². The molecular weight excluding hydrogens is 290 g/mol. The molecule has 0 aliphatic carbocycles. The van der Waals surface area contributed by atoms with E-state index in [1.807, 2.05) is 30.3 Å². The number of hydrogen-bond acceptors (Lipinski definition) is 3. The Labute approximate surface area is 134 Å². The quantitative estimate of drug-likeness (QED) is 0.886. The van der Waals surface area contributed by atoms with Crippen LogP contribution in [0.25, 0.3) is 0 Å². The number of imide groups is 1. The van der Waals surface area contributed by atoms with Gasteiger partial charge in [0, 0.05) is 0 Å². The number of nitrogens with zero attached hydrogens (tertiary/aromatic N) is 2. The van der Waals surface area contributed by atoms with Crippen molar-refractivity contribution in [1.82, 2.24) is 10.2 Å². The molecule has 1 saturated heterocycles. The molecule has 1 aliphatic rings. The third-order valence-electron chi connectivity index (χ3n) is 4.02. The van der Waals surface area contributed by atoms with Gasteiger partial charge in [0.15, 0.2) is 0 Å². The van der Waals surface area contributed by atoms with Crippen LogP contribution < -0.4 is 5.32 Å². The minimum atomic E-state index is -1.06. The molecule has 0 aromatic heterocycles. The number of carbonyl (C=O) groups is 2. The van der Waals surface area contributed by atoms with Gasteiger partial charge >= 0.3 is 6.03 Å². The summed E-state index contributed by atoms with van der Waals surface area (Å²) in [7, 11) is 0. The highest BCUT2D eigenvalue weighted by atomic mass is 16.2. The predicted octanol–water partition coefficient (Wildman–Crippen LogP) is 2.53. The molecule has 2 aromatic rings. The molecule has 0 radical (unpaired) electrons. The van der Waals surface area contributed by atoms with Crippen molar-refractivity contribution in [1.29, 1.82) is 5.26 Å². The van der Waals surface area contributed by atoms with Crippen LogP contribution in [-0.4, -0.2) is 16.8 Å². The molecule has 114 valence electrons. The molecule has 0 spiro atoms. The molecule has 0 saturated carbocycles. The van der Waals surface area contributed by atoms with Crippen molar-refractivity contribution in [2.45, 2.75) is 19.0 Å². The minimum Gasteiger partial charge on any atom is -0.319 e. The molecule has 0 unspecified atom stereocenters. The van der Waals surface area contributed by atoms with Crippen molar-refractivity contribution in [3.05, 3.63) is 71.3 Å². The number of amides is 3. The highest BCUT2D eigenvalue weighted by Crippen LogP contribution is 2.29. The second kappa shape index (κ2) is 5.58. The summed E-state index contributed by atoms with van der Waals surface area (Å²) < 4.78 is 0. The van der Waals surface area contributed by atoms with Gasteiger partial charge in [-0.25, -0.2) is 4.79 Å². The fourth-order valence-electron chi connectivity index (χ4n) is 2.73. The molecule has 1 heterocycles. The molecule has 1 N–H and O–H groups in total. The lowest BCUT2D eigenvalue weighted by Gasteiger charge is -2.22. The van der Waals surface area contributed by atoms with E-state index in [-0.39, 0.29) is 12.5 Å². The molecule has 1 fully saturated rings. The van der Waals surface area contributed by atoms with E-state index in [0.717, 1.165) is 11.1 Å². The summed E-state index contributed by atoms with van der Waals surface area (Å²) in [5, 5.41) is 11.7. The number of nitriles is 1. The van der Waals surface area contributed by atoms with Crippen LogP contribution in [0.15, 0.2) is 54.6 Å². The van der Waals surface area contributed by atoms with Crippen LogP contribution in [0.4, 0.5) is 4.79 Å². The topological polar surface area (TPSA) is 73.2 Å². The number of urea groups is 1. The smallest absolute Gasteiger partial charge is 0.319 e. The fourth-order valence-corrected chi connectivity index (χ4v) is 2.73. The normalized spacial score (nSPS) is 20.3. The maximum Gasteiger partial charge on any atom is 0.325 e. The largest absolute Gasteiger partial charge is 0.325 e. The Morgan fingerprint density at radius 2 is 1.87 bits per heavy atom. The number of benzene rings is 2. The van der Waals surface area contributed by atoms with Gasteiger partial charge in [-0.2, -0.15) is 5.26 Å². The molecule has 1 aliphatic heterocycles. The SMILES string of the molecule is C[C@]1(c2ccccc2)NC(=O)N(Cc2cccc(C#N)c2)C1=O. The number of hydrogen-bond donors (Lipinski definition) is 1. The molecule has 3 amide bonds. The van der Waals surface area contributed by atoms with Crippen LogP contribution in [0.2, 0.25) is 0 Å². The van der Waals surface area contributed by atoms with Crippen LogP contribution in [-0.2, 0) is 16.9 Å². The van der Waals surface area contributed by atoms with Gasteiger partial charge in [0.1, 0.15) is 5.54 Å². The van der Waals surface area contributed by atoms with Gasteiger partial charge in [-0.3, -0.25) is 9.69 Å². The van der Waals surface area contributed by atoms with Gasteiger partial charge in [0.05, 0.1) is 18.2 Å². The van der Waals surface area contributed by atoms with E-state index in [1.54, 1.807) is 31.2 Å². The van der Waals surface area contributed by atoms with Gasteiger partial charge in [0.25, 0.3) is 5.91 Å². The van der Waals surface area contributed by atoms with Gasteiger partial charge in [0.2, 0.25) is 0 Å². The Morgan fingerprint density at radius 3 is 2.57 bits per heavy atom. The molecule has 23 heavy (non-hydrogen) atoms. The summed E-state index contributed by atoms with van der Waals surface area (Å²) in [6.45, 7) is 1.84. The lowest BCUT2D eigenvalue weighted by molar-refractivity contribution is -0.131. The summed E-state index contributed by atoms with van der Waals surface area (Å²) in [4.78, 5) is 26.2. The molecule has 1 atom stereocenters. The van der Waals surface area contributed by atoms with Gasteiger partial charge < -0.3 is 5.32 Å². The monoisotopic (exact) mass is 305 g/mol. The Kier molecular flexibility index (Phi) is 3.59. The summed E-state index contributed by atoms with van der Waals surface area (Å²) in [5.74, 6) is -0.295. The maximum atomic E-state index is 12.8. The average Bonchev–Trinajstić information content (AvgIpc) is 2.80. The van der Waals surface area contributed by atoms with E-state index in [0.29, 0.717) is 5.56 Å². The highest BCUT2D eigenvalue weighted by molar-refractivity contribution is 6.07. The van der Waals surface area contributed by atoms with Crippen LogP contribution in [0.5, 0.6) is 0 Å². The van der Waals surface area contributed by atoms with Crippen molar-refractivity contribution < 1.29 is 9.59 Å². The fraction of sp³-hybridized carbons (Fsp3) is 0.167. The first kappa shape index (κ1) is 14.8. The number of nitrogens with one attached hydrogen (secondary N) is 1. The first-order valence-electron chi connectivity index (χ1n) is 7.23. The first-order valence-corrected chi connectivity index (χ1v) is 7.23. The van der Waals surface area contributed by atoms with Crippen LogP contribution in [0.3, 0.4) is 0 Å². The minimum absolute atomic E-state index is 0.141. The first-order chi connectivity index (χ1) is 11.0. The van der Waals surface area contributed by atoms with Crippen LogP contribution >= 0.6 is 0 Å². The van der Waals surface area contributed by atoms with Crippen LogP contribution in [0.1, 0.15) is 23.6 Å². The lowest BCUT2D eigenvalue weighted by atomic mass is 9.92. The Morgan fingerprint density at radius 1 is 1.13 bits per heavy atom. The van der Waals surface area contributed by atoms with Crippen molar-refractivity contribution in [3.63, 3.8) is 0 Å². The standard InChI is InChI=1S/C18H15N3O2/c1-18(15-8-3-2-4-9-15)16(22)21(17(23)20-18)12-14-7-5-6-13(10-14)11-19/h2-10H,12H2,1H3,(H,20,23)/t18-/m1/s1. The van der Waals surface area contributed by atoms with Crippen molar-refractivity contribution in [2.75, 3.05) is 0 Å². The summed E-state index contributed by atoms with van der Waals surface area (Å²) in [5.41, 5.74) is 0.919. The molecule has 3 rings (SSSR count). The molecule has 0 bridgehead atoms. The zero-order valence-electron chi connectivity index (χ0n) is 12.6. The second-order valence-corrected chi connectivity index (χ2v) is 5.62. The zero-order valence-corrected chi connectivity index (χ0v) is 12.6. The molecule has 5 nitrogen and oxygen atoms in total. The van der Waals surface area contributed by atoms with Crippen LogP contribution in [0, 0.1) is 11.3 Å². The predicted molar refractivity (Wildman–Crippen MR) is 84.0 cm³/mol. The molecule has 2 aromatic carbocycles. The number of rotatable bonds is 3. The Bertz CT molecular complexity index is 811. The van der Waals surface area contributed by atoms with Crippen molar-refractivity contribution in [3.8, 4) is 6.07 Å². The van der Waals surface area contributed by atoms with E-state index in [4.69, 9.17) is 5.26 Å².